The SMILES string of the molecule is CCN(CC)c1nc(C)c(-c2csc(N)n2)s1. The molecule has 0 fully saturated rings. The van der Waals surface area contributed by atoms with Gasteiger partial charge in [-0.3, -0.25) is 0 Å². The highest BCUT2D eigenvalue weighted by Crippen LogP contribution is 2.35. The molecule has 0 amide bonds. The summed E-state index contributed by atoms with van der Waals surface area (Å²) in [6, 6.07) is 0. The first-order valence-corrected chi connectivity index (χ1v) is 7.29. The molecule has 92 valence electrons. The summed E-state index contributed by atoms with van der Waals surface area (Å²) in [6.07, 6.45) is 0. The monoisotopic (exact) mass is 268 g/mol. The minimum atomic E-state index is 0.609. The van der Waals surface area contributed by atoms with Gasteiger partial charge in [-0.25, -0.2) is 9.97 Å². The predicted molar refractivity (Wildman–Crippen MR) is 75.9 cm³/mol. The molecule has 0 unspecified atom stereocenters. The van der Waals surface area contributed by atoms with Crippen molar-refractivity contribution in [3.05, 3.63) is 11.1 Å². The van der Waals surface area contributed by atoms with Gasteiger partial charge in [-0.1, -0.05) is 11.3 Å². The number of aromatic nitrogens is 2. The Hall–Kier alpha value is -1.14. The average Bonchev–Trinajstić information content (AvgIpc) is 2.87. The van der Waals surface area contributed by atoms with Crippen LogP contribution in [0.2, 0.25) is 0 Å². The van der Waals surface area contributed by atoms with E-state index in [1.165, 1.54) is 11.3 Å². The highest BCUT2D eigenvalue weighted by molar-refractivity contribution is 7.19. The van der Waals surface area contributed by atoms with Gasteiger partial charge in [-0.15, -0.1) is 11.3 Å². The number of thiazole rings is 2. The van der Waals surface area contributed by atoms with Gasteiger partial charge in [-0.05, 0) is 20.8 Å². The molecular formula is C11H16N4S2. The number of aryl methyl sites for hydroxylation is 1. The lowest BCUT2D eigenvalue weighted by molar-refractivity contribution is 0.857. The van der Waals surface area contributed by atoms with Gasteiger partial charge in [0.25, 0.3) is 0 Å². The van der Waals surface area contributed by atoms with Crippen LogP contribution in [0.25, 0.3) is 10.6 Å². The summed E-state index contributed by atoms with van der Waals surface area (Å²) < 4.78 is 0. The van der Waals surface area contributed by atoms with E-state index < -0.39 is 0 Å². The largest absolute Gasteiger partial charge is 0.375 e. The smallest absolute Gasteiger partial charge is 0.186 e. The second-order valence-corrected chi connectivity index (χ2v) is 5.52. The van der Waals surface area contributed by atoms with Gasteiger partial charge < -0.3 is 10.6 Å². The lowest BCUT2D eigenvalue weighted by atomic mass is 10.3. The molecule has 2 rings (SSSR count). The fraction of sp³-hybridized carbons (Fsp3) is 0.455. The summed E-state index contributed by atoms with van der Waals surface area (Å²) in [6.45, 7) is 8.25. The molecule has 0 aliphatic carbocycles. The molecular weight excluding hydrogens is 252 g/mol. The summed E-state index contributed by atoms with van der Waals surface area (Å²) in [7, 11) is 0. The number of rotatable bonds is 4. The van der Waals surface area contributed by atoms with Crippen molar-refractivity contribution >= 4 is 32.9 Å². The molecule has 4 nitrogen and oxygen atoms in total. The van der Waals surface area contributed by atoms with E-state index in [0.29, 0.717) is 5.13 Å². The number of hydrogen-bond donors (Lipinski definition) is 1. The summed E-state index contributed by atoms with van der Waals surface area (Å²) in [5.41, 5.74) is 7.64. The molecule has 0 atom stereocenters. The molecule has 2 aromatic heterocycles. The summed E-state index contributed by atoms with van der Waals surface area (Å²) in [5.74, 6) is 0. The van der Waals surface area contributed by atoms with Crippen molar-refractivity contribution in [3.8, 4) is 10.6 Å². The van der Waals surface area contributed by atoms with Crippen LogP contribution in [0.4, 0.5) is 10.3 Å². The van der Waals surface area contributed by atoms with Gasteiger partial charge in [-0.2, -0.15) is 0 Å². The van der Waals surface area contributed by atoms with Crippen LogP contribution in [-0.2, 0) is 0 Å². The van der Waals surface area contributed by atoms with E-state index >= 15 is 0 Å². The van der Waals surface area contributed by atoms with Gasteiger partial charge in [0.15, 0.2) is 10.3 Å². The van der Waals surface area contributed by atoms with Gasteiger partial charge in [0.05, 0.1) is 16.3 Å². The molecule has 6 heteroatoms. The second-order valence-electron chi connectivity index (χ2n) is 3.65. The topological polar surface area (TPSA) is 55.0 Å². The fourth-order valence-corrected chi connectivity index (χ4v) is 3.42. The third-order valence-electron chi connectivity index (χ3n) is 2.57. The number of nitrogen functional groups attached to an aromatic ring is 1. The quantitative estimate of drug-likeness (QED) is 0.926. The zero-order valence-corrected chi connectivity index (χ0v) is 11.9. The van der Waals surface area contributed by atoms with Crippen molar-refractivity contribution in [2.45, 2.75) is 20.8 Å². The van der Waals surface area contributed by atoms with Crippen LogP contribution in [0.1, 0.15) is 19.5 Å². The first kappa shape index (κ1) is 12.3. The molecule has 0 saturated heterocycles. The zero-order valence-electron chi connectivity index (χ0n) is 10.2. The third-order valence-corrected chi connectivity index (χ3v) is 4.49. The lowest BCUT2D eigenvalue weighted by Gasteiger charge is -2.16. The van der Waals surface area contributed by atoms with E-state index in [2.05, 4.69) is 28.7 Å². The standard InChI is InChI=1S/C11H16N4S2/c1-4-15(5-2)11-13-7(3)9(17-11)8-6-16-10(12)14-8/h6H,4-5H2,1-3H3,(H2,12,14). The normalized spacial score (nSPS) is 10.8. The van der Waals surface area contributed by atoms with Crippen LogP contribution >= 0.6 is 22.7 Å². The molecule has 0 radical (unpaired) electrons. The summed E-state index contributed by atoms with van der Waals surface area (Å²) in [5, 5.41) is 3.66. The van der Waals surface area contributed by atoms with Crippen molar-refractivity contribution in [1.82, 2.24) is 9.97 Å². The summed E-state index contributed by atoms with van der Waals surface area (Å²) in [4.78, 5) is 12.3. The number of nitrogens with zero attached hydrogens (tertiary/aromatic N) is 3. The molecule has 0 aliphatic heterocycles. The Balaban J connectivity index is 2.37. The zero-order chi connectivity index (χ0) is 12.4. The Kier molecular flexibility index (Phi) is 3.63. The number of nitrogens with two attached hydrogens (primary N) is 1. The van der Waals surface area contributed by atoms with Crippen LogP contribution in [0.15, 0.2) is 5.38 Å². The molecule has 0 bridgehead atoms. The second kappa shape index (κ2) is 5.01. The molecule has 0 aromatic carbocycles. The Morgan fingerprint density at radius 2 is 2.00 bits per heavy atom. The Morgan fingerprint density at radius 3 is 2.53 bits per heavy atom. The van der Waals surface area contributed by atoms with Crippen LogP contribution in [0.3, 0.4) is 0 Å². The molecule has 2 heterocycles. The molecule has 0 spiro atoms. The van der Waals surface area contributed by atoms with Crippen LogP contribution in [0, 0.1) is 6.92 Å². The van der Waals surface area contributed by atoms with Crippen LogP contribution in [0.5, 0.6) is 0 Å². The fourth-order valence-electron chi connectivity index (χ4n) is 1.64. The number of anilines is 2. The van der Waals surface area contributed by atoms with Gasteiger partial charge in [0, 0.05) is 18.5 Å². The highest BCUT2D eigenvalue weighted by atomic mass is 32.1. The van der Waals surface area contributed by atoms with Crippen LogP contribution < -0.4 is 10.6 Å². The van der Waals surface area contributed by atoms with Crippen molar-refractivity contribution in [3.63, 3.8) is 0 Å². The molecule has 2 aromatic rings. The predicted octanol–water partition coefficient (Wildman–Crippen LogP) is 3.00. The number of hydrogen-bond acceptors (Lipinski definition) is 6. The van der Waals surface area contributed by atoms with Crippen molar-refractivity contribution < 1.29 is 0 Å². The minimum absolute atomic E-state index is 0.609. The van der Waals surface area contributed by atoms with Crippen molar-refractivity contribution in [2.75, 3.05) is 23.7 Å². The Labute approximate surface area is 109 Å². The van der Waals surface area contributed by atoms with Gasteiger partial charge in [0.2, 0.25) is 0 Å². The van der Waals surface area contributed by atoms with E-state index in [1.807, 2.05) is 12.3 Å². The first-order chi connectivity index (χ1) is 8.15. The maximum absolute atomic E-state index is 5.67. The molecule has 17 heavy (non-hydrogen) atoms. The van der Waals surface area contributed by atoms with E-state index in [-0.39, 0.29) is 0 Å². The maximum Gasteiger partial charge on any atom is 0.186 e. The summed E-state index contributed by atoms with van der Waals surface area (Å²) >= 11 is 3.16. The Morgan fingerprint density at radius 1 is 1.29 bits per heavy atom. The van der Waals surface area contributed by atoms with Crippen molar-refractivity contribution in [2.24, 2.45) is 0 Å². The molecule has 0 aliphatic rings. The molecule has 0 saturated carbocycles. The van der Waals surface area contributed by atoms with Gasteiger partial charge >= 0.3 is 0 Å². The van der Waals surface area contributed by atoms with Crippen LogP contribution in [-0.4, -0.2) is 23.1 Å². The molecule has 2 N–H and O–H groups in total. The van der Waals surface area contributed by atoms with E-state index in [0.717, 1.165) is 34.5 Å². The van der Waals surface area contributed by atoms with E-state index in [9.17, 15) is 0 Å². The third kappa shape index (κ3) is 2.42. The highest BCUT2D eigenvalue weighted by Gasteiger charge is 2.15. The average molecular weight is 268 g/mol. The van der Waals surface area contributed by atoms with E-state index in [4.69, 9.17) is 5.73 Å². The minimum Gasteiger partial charge on any atom is -0.375 e. The van der Waals surface area contributed by atoms with Gasteiger partial charge in [0.1, 0.15) is 0 Å². The Bertz CT molecular complexity index is 499. The van der Waals surface area contributed by atoms with Crippen molar-refractivity contribution in [1.29, 1.82) is 0 Å². The maximum atomic E-state index is 5.67. The first-order valence-electron chi connectivity index (χ1n) is 5.59. The lowest BCUT2D eigenvalue weighted by Crippen LogP contribution is -2.21. The van der Waals surface area contributed by atoms with E-state index in [1.54, 1.807) is 11.3 Å².